The topological polar surface area (TPSA) is 157 Å². The highest BCUT2D eigenvalue weighted by atomic mass is 127. The maximum absolute atomic E-state index is 13.2. The van der Waals surface area contributed by atoms with E-state index in [9.17, 15) is 15.0 Å². The summed E-state index contributed by atoms with van der Waals surface area (Å²) in [6, 6.07) is 11.1. The monoisotopic (exact) mass is 662 g/mol. The number of amides is 1. The predicted octanol–water partition coefficient (Wildman–Crippen LogP) is 2.52. The lowest BCUT2D eigenvalue weighted by molar-refractivity contribution is -0.191. The summed E-state index contributed by atoms with van der Waals surface area (Å²) in [6.45, 7) is 1.97. The lowest BCUT2D eigenvalue weighted by atomic mass is 9.48. The highest BCUT2D eigenvalue weighted by molar-refractivity contribution is 14.1. The number of halogens is 1. The number of phenols is 1. The van der Waals surface area contributed by atoms with Crippen LogP contribution in [0.5, 0.6) is 11.5 Å². The normalized spacial score (nSPS) is 31.2. The SMILES string of the molecule is O=C(N[C@@H]1CC[C@@]2(O)[C@H]3Cc4ccc(O)c5c4[C@@]2(CCN3CC2CC2)[C@H]1O5)c1ccc(I)cc1.O=C(O)C(=O)O. The van der Waals surface area contributed by atoms with Crippen molar-refractivity contribution in [2.45, 2.75) is 67.7 Å². The quantitative estimate of drug-likeness (QED) is 0.245. The molecule has 40 heavy (non-hydrogen) atoms. The molecule has 0 radical (unpaired) electrons. The van der Waals surface area contributed by atoms with Crippen LogP contribution in [0.3, 0.4) is 0 Å². The molecule has 1 saturated heterocycles. The molecule has 212 valence electrons. The molecule has 5 N–H and O–H groups in total. The van der Waals surface area contributed by atoms with E-state index in [1.807, 2.05) is 30.3 Å². The number of carbonyl (C=O) groups is 3. The second kappa shape index (κ2) is 9.88. The number of carboxylic acids is 2. The Hall–Kier alpha value is -2.90. The summed E-state index contributed by atoms with van der Waals surface area (Å²) in [5.74, 6) is -2.36. The van der Waals surface area contributed by atoms with Gasteiger partial charge in [-0.1, -0.05) is 6.07 Å². The summed E-state index contributed by atoms with van der Waals surface area (Å²) >= 11 is 2.23. The number of nitrogens with one attached hydrogen (secondary N) is 1. The van der Waals surface area contributed by atoms with Crippen LogP contribution in [0, 0.1) is 9.49 Å². The van der Waals surface area contributed by atoms with Crippen molar-refractivity contribution in [3.63, 3.8) is 0 Å². The third-order valence-electron chi connectivity index (χ3n) is 9.37. The summed E-state index contributed by atoms with van der Waals surface area (Å²) in [7, 11) is 0. The van der Waals surface area contributed by atoms with Gasteiger partial charge in [-0.25, -0.2) is 9.59 Å². The first-order chi connectivity index (χ1) is 19.0. The summed E-state index contributed by atoms with van der Waals surface area (Å²) in [5, 5.41) is 41.2. The molecule has 2 aliphatic heterocycles. The van der Waals surface area contributed by atoms with Crippen molar-refractivity contribution < 1.29 is 39.5 Å². The smallest absolute Gasteiger partial charge is 0.414 e. The molecule has 0 unspecified atom stereocenters. The molecule has 2 heterocycles. The zero-order valence-corrected chi connectivity index (χ0v) is 23.8. The van der Waals surface area contributed by atoms with Gasteiger partial charge in [-0.05, 0) is 109 Å². The van der Waals surface area contributed by atoms with Crippen LogP contribution in [0.25, 0.3) is 0 Å². The van der Waals surface area contributed by atoms with Gasteiger partial charge in [0.25, 0.3) is 5.91 Å². The number of aliphatic hydroxyl groups is 1. The zero-order valence-electron chi connectivity index (χ0n) is 21.7. The van der Waals surface area contributed by atoms with Gasteiger partial charge >= 0.3 is 11.9 Å². The number of piperidine rings is 1. The fraction of sp³-hybridized carbons (Fsp3) is 0.483. The van der Waals surface area contributed by atoms with E-state index in [1.165, 1.54) is 18.4 Å². The standard InChI is InChI=1S/C27H29IN2O4.C2H2O4/c28-18-6-3-16(4-7-18)25(32)29-19-9-10-27(33)21-13-17-5-8-20(31)23-22(17)26(27,24(19)34-23)11-12-30(21)14-15-1-2-15;3-1(4)2(5)6/h3-8,15,19,21,24,31,33H,1-2,9-14H2,(H,29,32);(H,3,4)(H,5,6)/t19-,21-,24+,26+,27-;/m1./s1. The highest BCUT2D eigenvalue weighted by Gasteiger charge is 2.73. The number of nitrogens with zero attached hydrogens (tertiary/aromatic N) is 1. The number of phenolic OH excluding ortho intramolecular Hbond substituents is 1. The van der Waals surface area contributed by atoms with Crippen LogP contribution in [-0.2, 0) is 21.4 Å². The molecule has 11 heteroatoms. The second-order valence-electron chi connectivity index (χ2n) is 11.5. The molecule has 3 aliphatic carbocycles. The van der Waals surface area contributed by atoms with Gasteiger partial charge in [-0.3, -0.25) is 9.69 Å². The zero-order chi connectivity index (χ0) is 28.4. The van der Waals surface area contributed by atoms with Crippen molar-refractivity contribution in [3.8, 4) is 11.5 Å². The Balaban J connectivity index is 0.000000438. The Morgan fingerprint density at radius 3 is 2.38 bits per heavy atom. The molecule has 5 aliphatic rings. The number of likely N-dealkylation sites (tertiary alicyclic amines) is 1. The summed E-state index contributed by atoms with van der Waals surface area (Å²) in [6.07, 6.45) is 5.01. The molecule has 7 rings (SSSR count). The highest BCUT2D eigenvalue weighted by Crippen LogP contribution is 2.65. The van der Waals surface area contributed by atoms with Gasteiger partial charge in [0.1, 0.15) is 6.10 Å². The van der Waals surface area contributed by atoms with Gasteiger partial charge < -0.3 is 30.5 Å². The molecule has 5 atom stereocenters. The van der Waals surface area contributed by atoms with Crippen molar-refractivity contribution in [1.82, 2.24) is 10.2 Å². The predicted molar refractivity (Wildman–Crippen MR) is 150 cm³/mol. The molecule has 0 aromatic heterocycles. The van der Waals surface area contributed by atoms with Crippen LogP contribution in [0.1, 0.15) is 53.6 Å². The first-order valence-corrected chi connectivity index (χ1v) is 14.6. The number of rotatable bonds is 4. The van der Waals surface area contributed by atoms with Gasteiger partial charge in [-0.2, -0.15) is 0 Å². The van der Waals surface area contributed by atoms with Crippen LogP contribution < -0.4 is 10.1 Å². The average molecular weight is 662 g/mol. The van der Waals surface area contributed by atoms with Crippen molar-refractivity contribution >= 4 is 40.4 Å². The van der Waals surface area contributed by atoms with Crippen LogP contribution in [0.4, 0.5) is 0 Å². The number of carbonyl (C=O) groups excluding carboxylic acids is 1. The van der Waals surface area contributed by atoms with Crippen molar-refractivity contribution in [2.24, 2.45) is 5.92 Å². The van der Waals surface area contributed by atoms with E-state index in [2.05, 4.69) is 32.8 Å². The number of hydrogen-bond acceptors (Lipinski definition) is 7. The van der Waals surface area contributed by atoms with Crippen LogP contribution >= 0.6 is 22.6 Å². The van der Waals surface area contributed by atoms with E-state index in [0.717, 1.165) is 41.0 Å². The number of aliphatic carboxylic acids is 2. The molecule has 10 nitrogen and oxygen atoms in total. The summed E-state index contributed by atoms with van der Waals surface area (Å²) < 4.78 is 7.61. The van der Waals surface area contributed by atoms with E-state index in [-0.39, 0.29) is 23.7 Å². The van der Waals surface area contributed by atoms with Gasteiger partial charge in [0.05, 0.1) is 17.1 Å². The first kappa shape index (κ1) is 27.3. The Labute approximate surface area is 244 Å². The van der Waals surface area contributed by atoms with E-state index in [4.69, 9.17) is 24.5 Å². The van der Waals surface area contributed by atoms with Crippen molar-refractivity contribution in [1.29, 1.82) is 0 Å². The van der Waals surface area contributed by atoms with Crippen molar-refractivity contribution in [3.05, 3.63) is 56.7 Å². The largest absolute Gasteiger partial charge is 0.504 e. The minimum absolute atomic E-state index is 0.0452. The maximum atomic E-state index is 13.2. The lowest BCUT2D eigenvalue weighted by Gasteiger charge is -2.64. The van der Waals surface area contributed by atoms with Gasteiger partial charge in [-0.15, -0.1) is 0 Å². The number of aromatic hydroxyl groups is 1. The Kier molecular flexibility index (Phi) is 6.74. The molecule has 3 fully saturated rings. The average Bonchev–Trinajstić information content (AvgIpc) is 3.66. The third-order valence-corrected chi connectivity index (χ3v) is 10.1. The molecule has 1 spiro atoms. The fourth-order valence-corrected chi connectivity index (χ4v) is 7.84. The Morgan fingerprint density at radius 1 is 1.02 bits per heavy atom. The van der Waals surface area contributed by atoms with Gasteiger partial charge in [0.15, 0.2) is 11.5 Å². The van der Waals surface area contributed by atoms with Crippen LogP contribution in [-0.4, -0.2) is 80.1 Å². The molecule has 2 saturated carbocycles. The van der Waals surface area contributed by atoms with E-state index in [0.29, 0.717) is 24.2 Å². The van der Waals surface area contributed by atoms with E-state index < -0.39 is 29.1 Å². The van der Waals surface area contributed by atoms with E-state index >= 15 is 0 Å². The maximum Gasteiger partial charge on any atom is 0.414 e. The number of hydrogen-bond donors (Lipinski definition) is 5. The van der Waals surface area contributed by atoms with Gasteiger partial charge in [0, 0.05) is 27.3 Å². The summed E-state index contributed by atoms with van der Waals surface area (Å²) in [5.41, 5.74) is 1.26. The third kappa shape index (κ3) is 4.24. The van der Waals surface area contributed by atoms with Crippen molar-refractivity contribution in [2.75, 3.05) is 13.1 Å². The molecule has 2 aromatic carbocycles. The number of benzene rings is 2. The first-order valence-electron chi connectivity index (χ1n) is 13.6. The fourth-order valence-electron chi connectivity index (χ4n) is 7.48. The molecular formula is C29H31IN2O8. The second-order valence-corrected chi connectivity index (χ2v) is 12.8. The number of carboxylic acid groups (broad SMARTS) is 2. The number of ether oxygens (including phenoxy) is 1. The van der Waals surface area contributed by atoms with Gasteiger partial charge in [0.2, 0.25) is 0 Å². The van der Waals surface area contributed by atoms with Crippen LogP contribution in [0.15, 0.2) is 36.4 Å². The minimum Gasteiger partial charge on any atom is -0.504 e. The molecule has 1 amide bonds. The molecule has 2 bridgehead atoms. The lowest BCUT2D eigenvalue weighted by Crippen LogP contribution is -2.78. The van der Waals surface area contributed by atoms with Crippen LogP contribution in [0.2, 0.25) is 0 Å². The Bertz CT molecular complexity index is 1370. The molecular weight excluding hydrogens is 631 g/mol. The van der Waals surface area contributed by atoms with E-state index in [1.54, 1.807) is 6.07 Å². The summed E-state index contributed by atoms with van der Waals surface area (Å²) in [4.78, 5) is 33.9. The Morgan fingerprint density at radius 2 is 1.73 bits per heavy atom. The molecule has 2 aromatic rings. The minimum atomic E-state index is -1.82.